The highest BCUT2D eigenvalue weighted by Gasteiger charge is 2.15. The Balaban J connectivity index is 0.000000847. The van der Waals surface area contributed by atoms with Gasteiger partial charge in [-0.15, -0.1) is 13.2 Å². The molecule has 0 N–H and O–H groups in total. The minimum atomic E-state index is 0.245. The molecule has 3 rings (SSSR count). The lowest BCUT2D eigenvalue weighted by atomic mass is 10.1. The Morgan fingerprint density at radius 1 is 0.727 bits per heavy atom. The van der Waals surface area contributed by atoms with Crippen LogP contribution in [0.2, 0.25) is 0 Å². The van der Waals surface area contributed by atoms with Crippen LogP contribution < -0.4 is 0 Å². The third-order valence-electron chi connectivity index (χ3n) is 3.19. The van der Waals surface area contributed by atoms with Crippen LogP contribution in [-0.4, -0.2) is 15.0 Å². The van der Waals surface area contributed by atoms with Crippen LogP contribution in [0.4, 0.5) is 0 Å². The standard InChI is InChI=1S/C17H17N3.C2H4/c1-13(2)20-18-16(14-9-5-3-6-10-14)17(19-20)15-11-7-4-8-12-15;1-2/h3-13H,1-2H3;1-2H2. The van der Waals surface area contributed by atoms with Crippen molar-refractivity contribution >= 4 is 0 Å². The predicted octanol–water partition coefficient (Wildman–Crippen LogP) is 5.00. The molecule has 0 unspecified atom stereocenters. The van der Waals surface area contributed by atoms with Gasteiger partial charge in [0.15, 0.2) is 0 Å². The molecule has 0 bridgehead atoms. The molecular weight excluding hydrogens is 270 g/mol. The summed E-state index contributed by atoms with van der Waals surface area (Å²) < 4.78 is 0. The Morgan fingerprint density at radius 3 is 1.41 bits per heavy atom. The second-order valence-electron chi connectivity index (χ2n) is 5.04. The summed E-state index contributed by atoms with van der Waals surface area (Å²) in [4.78, 5) is 1.78. The number of nitrogens with zero attached hydrogens (tertiary/aromatic N) is 3. The first-order valence-corrected chi connectivity index (χ1v) is 7.33. The molecule has 2 aromatic carbocycles. The summed E-state index contributed by atoms with van der Waals surface area (Å²) in [7, 11) is 0. The first-order valence-electron chi connectivity index (χ1n) is 7.33. The van der Waals surface area contributed by atoms with Crippen molar-refractivity contribution < 1.29 is 0 Å². The number of benzene rings is 2. The maximum absolute atomic E-state index is 4.66. The highest BCUT2D eigenvalue weighted by molar-refractivity contribution is 5.77. The van der Waals surface area contributed by atoms with E-state index in [0.717, 1.165) is 22.5 Å². The van der Waals surface area contributed by atoms with E-state index in [-0.39, 0.29) is 6.04 Å². The molecule has 0 saturated heterocycles. The van der Waals surface area contributed by atoms with Crippen LogP contribution >= 0.6 is 0 Å². The Kier molecular flexibility index (Phi) is 5.26. The third-order valence-corrected chi connectivity index (χ3v) is 3.19. The molecule has 3 heteroatoms. The smallest absolute Gasteiger partial charge is 0.121 e. The largest absolute Gasteiger partial charge is 0.181 e. The SMILES string of the molecule is C=C.CC(C)n1nc(-c2ccccc2)c(-c2ccccc2)n1. The highest BCUT2D eigenvalue weighted by atomic mass is 15.5. The quantitative estimate of drug-likeness (QED) is 0.636. The monoisotopic (exact) mass is 291 g/mol. The van der Waals surface area contributed by atoms with Gasteiger partial charge in [-0.05, 0) is 13.8 Å². The molecule has 1 aromatic heterocycles. The maximum atomic E-state index is 4.66. The van der Waals surface area contributed by atoms with E-state index in [1.165, 1.54) is 0 Å². The van der Waals surface area contributed by atoms with Gasteiger partial charge in [0.05, 0.1) is 6.04 Å². The summed E-state index contributed by atoms with van der Waals surface area (Å²) in [6, 6.07) is 20.7. The number of hydrogen-bond acceptors (Lipinski definition) is 2. The van der Waals surface area contributed by atoms with Gasteiger partial charge in [0.2, 0.25) is 0 Å². The maximum Gasteiger partial charge on any atom is 0.121 e. The van der Waals surface area contributed by atoms with Crippen molar-refractivity contribution in [2.24, 2.45) is 0 Å². The van der Waals surface area contributed by atoms with Crippen LogP contribution in [0, 0.1) is 0 Å². The van der Waals surface area contributed by atoms with E-state index in [4.69, 9.17) is 0 Å². The molecule has 0 atom stereocenters. The zero-order valence-corrected chi connectivity index (χ0v) is 13.1. The van der Waals surface area contributed by atoms with Gasteiger partial charge in [-0.25, -0.2) is 0 Å². The average Bonchev–Trinajstić information content (AvgIpc) is 3.04. The van der Waals surface area contributed by atoms with Crippen molar-refractivity contribution in [3.05, 3.63) is 73.8 Å². The molecule has 0 amide bonds. The molecule has 0 saturated carbocycles. The Morgan fingerprint density at radius 2 is 1.09 bits per heavy atom. The molecule has 1 heterocycles. The fourth-order valence-electron chi connectivity index (χ4n) is 2.13. The number of hydrogen-bond donors (Lipinski definition) is 0. The van der Waals surface area contributed by atoms with Crippen LogP contribution in [-0.2, 0) is 0 Å². The Labute approximate surface area is 131 Å². The van der Waals surface area contributed by atoms with Gasteiger partial charge in [-0.3, -0.25) is 0 Å². The van der Waals surface area contributed by atoms with Crippen LogP contribution in [0.25, 0.3) is 22.5 Å². The lowest BCUT2D eigenvalue weighted by Crippen LogP contribution is -2.04. The number of aromatic nitrogens is 3. The normalized spacial score (nSPS) is 10.1. The van der Waals surface area contributed by atoms with Crippen LogP contribution in [0.1, 0.15) is 19.9 Å². The first kappa shape index (κ1) is 15.7. The zero-order chi connectivity index (χ0) is 15.9. The van der Waals surface area contributed by atoms with Gasteiger partial charge in [0.1, 0.15) is 11.4 Å². The minimum absolute atomic E-state index is 0.245. The molecule has 0 fully saturated rings. The van der Waals surface area contributed by atoms with Crippen molar-refractivity contribution in [1.29, 1.82) is 0 Å². The van der Waals surface area contributed by atoms with Gasteiger partial charge < -0.3 is 0 Å². The first-order chi connectivity index (χ1) is 10.8. The third kappa shape index (κ3) is 3.31. The molecule has 112 valence electrons. The molecule has 0 radical (unpaired) electrons. The van der Waals surface area contributed by atoms with E-state index in [9.17, 15) is 0 Å². The lowest BCUT2D eigenvalue weighted by molar-refractivity contribution is 0.468. The molecule has 0 aliphatic carbocycles. The van der Waals surface area contributed by atoms with Crippen molar-refractivity contribution in [3.63, 3.8) is 0 Å². The summed E-state index contributed by atoms with van der Waals surface area (Å²) in [5.74, 6) is 0. The molecule has 0 aliphatic heterocycles. The topological polar surface area (TPSA) is 30.7 Å². The summed E-state index contributed by atoms with van der Waals surface area (Å²) in [6.45, 7) is 10.2. The summed E-state index contributed by atoms with van der Waals surface area (Å²) >= 11 is 0. The van der Waals surface area contributed by atoms with E-state index in [1.807, 2.05) is 36.4 Å². The fourth-order valence-corrected chi connectivity index (χ4v) is 2.13. The minimum Gasteiger partial charge on any atom is -0.181 e. The molecular formula is C19H21N3. The second-order valence-corrected chi connectivity index (χ2v) is 5.04. The lowest BCUT2D eigenvalue weighted by Gasteiger charge is -2.00. The van der Waals surface area contributed by atoms with E-state index < -0.39 is 0 Å². The summed E-state index contributed by atoms with van der Waals surface area (Å²) in [6.07, 6.45) is 0. The van der Waals surface area contributed by atoms with E-state index >= 15 is 0 Å². The van der Waals surface area contributed by atoms with Gasteiger partial charge in [-0.2, -0.15) is 15.0 Å². The van der Waals surface area contributed by atoms with Gasteiger partial charge in [0, 0.05) is 11.1 Å². The van der Waals surface area contributed by atoms with Crippen molar-refractivity contribution in [1.82, 2.24) is 15.0 Å². The molecule has 0 spiro atoms. The fraction of sp³-hybridized carbons (Fsp3) is 0.158. The van der Waals surface area contributed by atoms with Gasteiger partial charge in [0.25, 0.3) is 0 Å². The molecule has 22 heavy (non-hydrogen) atoms. The van der Waals surface area contributed by atoms with Crippen LogP contribution in [0.3, 0.4) is 0 Å². The van der Waals surface area contributed by atoms with Crippen LogP contribution in [0.5, 0.6) is 0 Å². The van der Waals surface area contributed by atoms with E-state index in [1.54, 1.807) is 4.80 Å². The van der Waals surface area contributed by atoms with Crippen molar-refractivity contribution in [2.45, 2.75) is 19.9 Å². The predicted molar refractivity (Wildman–Crippen MR) is 92.5 cm³/mol. The zero-order valence-electron chi connectivity index (χ0n) is 13.1. The van der Waals surface area contributed by atoms with Crippen LogP contribution in [0.15, 0.2) is 73.8 Å². The Hall–Kier alpha value is -2.68. The molecule has 0 aliphatic rings. The average molecular weight is 291 g/mol. The van der Waals surface area contributed by atoms with Gasteiger partial charge in [-0.1, -0.05) is 60.7 Å². The number of rotatable bonds is 3. The van der Waals surface area contributed by atoms with Crippen molar-refractivity contribution in [2.75, 3.05) is 0 Å². The van der Waals surface area contributed by atoms with Crippen molar-refractivity contribution in [3.8, 4) is 22.5 Å². The molecule has 3 aromatic rings. The van der Waals surface area contributed by atoms with E-state index in [0.29, 0.717) is 0 Å². The summed E-state index contributed by atoms with van der Waals surface area (Å²) in [5, 5.41) is 9.32. The molecule has 3 nitrogen and oxygen atoms in total. The van der Waals surface area contributed by atoms with Gasteiger partial charge >= 0.3 is 0 Å². The Bertz CT molecular complexity index is 643. The second kappa shape index (κ2) is 7.36. The van der Waals surface area contributed by atoms with E-state index in [2.05, 4.69) is 61.5 Å². The summed E-state index contributed by atoms with van der Waals surface area (Å²) in [5.41, 5.74) is 4.06. The highest BCUT2D eigenvalue weighted by Crippen LogP contribution is 2.29.